The molecule has 0 aromatic carbocycles. The Hall–Kier alpha value is -1.10. The second-order valence-corrected chi connectivity index (χ2v) is 4.20. The molecule has 0 spiro atoms. The Balaban J connectivity index is 5.39. The van der Waals surface area contributed by atoms with E-state index in [2.05, 4.69) is 0 Å². The van der Waals surface area contributed by atoms with E-state index in [1.54, 1.807) is 20.8 Å². The van der Waals surface area contributed by atoms with Gasteiger partial charge in [0, 0.05) is 7.11 Å². The standard InChI is InChI=1S/C9H16O5/c1-8(2,3)9(5-14-4,6(10)11)7(12)13/h5H2,1-4H3,(H,10,11)(H,12,13). The van der Waals surface area contributed by atoms with Crippen LogP contribution < -0.4 is 0 Å². The van der Waals surface area contributed by atoms with E-state index in [0.29, 0.717) is 0 Å². The molecule has 0 fully saturated rings. The van der Waals surface area contributed by atoms with Gasteiger partial charge in [0.15, 0.2) is 5.41 Å². The minimum atomic E-state index is -1.90. The Labute approximate surface area is 82.7 Å². The van der Waals surface area contributed by atoms with Crippen LogP contribution in [0.1, 0.15) is 20.8 Å². The van der Waals surface area contributed by atoms with E-state index >= 15 is 0 Å². The van der Waals surface area contributed by atoms with Gasteiger partial charge in [0.25, 0.3) is 0 Å². The third-order valence-electron chi connectivity index (χ3n) is 2.37. The van der Waals surface area contributed by atoms with E-state index in [0.717, 1.165) is 0 Å². The number of carboxylic acids is 2. The van der Waals surface area contributed by atoms with Crippen molar-refractivity contribution in [2.45, 2.75) is 20.8 Å². The quantitative estimate of drug-likeness (QED) is 0.663. The number of carbonyl (C=O) groups is 2. The van der Waals surface area contributed by atoms with Crippen molar-refractivity contribution in [1.29, 1.82) is 0 Å². The van der Waals surface area contributed by atoms with Crippen molar-refractivity contribution >= 4 is 11.9 Å². The third kappa shape index (κ3) is 1.87. The fourth-order valence-electron chi connectivity index (χ4n) is 1.29. The maximum atomic E-state index is 11.0. The fraction of sp³-hybridized carbons (Fsp3) is 0.778. The van der Waals surface area contributed by atoms with Crippen LogP contribution in [0.15, 0.2) is 0 Å². The molecule has 0 aromatic heterocycles. The number of carboxylic acid groups (broad SMARTS) is 2. The summed E-state index contributed by atoms with van der Waals surface area (Å²) in [5.41, 5.74) is -2.82. The topological polar surface area (TPSA) is 83.8 Å². The summed E-state index contributed by atoms with van der Waals surface area (Å²) in [6.45, 7) is 4.35. The minimum Gasteiger partial charge on any atom is -0.480 e. The summed E-state index contributed by atoms with van der Waals surface area (Å²) in [6, 6.07) is 0. The number of methoxy groups -OCH3 is 1. The van der Waals surface area contributed by atoms with E-state index in [1.807, 2.05) is 0 Å². The molecular weight excluding hydrogens is 188 g/mol. The molecule has 0 aliphatic rings. The normalized spacial score (nSPS) is 12.6. The van der Waals surface area contributed by atoms with Gasteiger partial charge in [-0.15, -0.1) is 0 Å². The van der Waals surface area contributed by atoms with Crippen molar-refractivity contribution < 1.29 is 24.5 Å². The summed E-state index contributed by atoms with van der Waals surface area (Å²) in [4.78, 5) is 22.1. The van der Waals surface area contributed by atoms with Gasteiger partial charge in [-0.05, 0) is 5.41 Å². The highest BCUT2D eigenvalue weighted by atomic mass is 16.5. The molecule has 0 heterocycles. The monoisotopic (exact) mass is 204 g/mol. The van der Waals surface area contributed by atoms with Crippen molar-refractivity contribution in [3.63, 3.8) is 0 Å². The first-order valence-corrected chi connectivity index (χ1v) is 4.16. The van der Waals surface area contributed by atoms with Gasteiger partial charge in [0.05, 0.1) is 6.61 Å². The van der Waals surface area contributed by atoms with E-state index < -0.39 is 22.8 Å². The average Bonchev–Trinajstić information content (AvgIpc) is 1.95. The molecule has 5 heteroatoms. The molecule has 0 atom stereocenters. The lowest BCUT2D eigenvalue weighted by Gasteiger charge is -2.36. The second kappa shape index (κ2) is 3.96. The molecule has 0 aromatic rings. The molecule has 0 unspecified atom stereocenters. The molecular formula is C9H16O5. The Kier molecular flexibility index (Phi) is 3.65. The SMILES string of the molecule is COCC(C(=O)O)(C(=O)O)C(C)(C)C. The van der Waals surface area contributed by atoms with Crippen molar-refractivity contribution in [1.82, 2.24) is 0 Å². The fourth-order valence-corrected chi connectivity index (χ4v) is 1.29. The summed E-state index contributed by atoms with van der Waals surface area (Å²) in [6.07, 6.45) is 0. The first-order chi connectivity index (χ1) is 6.20. The summed E-state index contributed by atoms with van der Waals surface area (Å²) in [5.74, 6) is -2.75. The van der Waals surface area contributed by atoms with Gasteiger partial charge < -0.3 is 14.9 Å². The number of rotatable bonds is 4. The van der Waals surface area contributed by atoms with Crippen molar-refractivity contribution in [3.05, 3.63) is 0 Å². The molecule has 0 aliphatic heterocycles. The zero-order valence-corrected chi connectivity index (χ0v) is 8.83. The Morgan fingerprint density at radius 1 is 1.14 bits per heavy atom. The number of ether oxygens (including phenoxy) is 1. The van der Waals surface area contributed by atoms with Crippen molar-refractivity contribution in [2.24, 2.45) is 10.8 Å². The van der Waals surface area contributed by atoms with E-state index in [9.17, 15) is 9.59 Å². The minimum absolute atomic E-state index is 0.346. The molecule has 2 N–H and O–H groups in total. The lowest BCUT2D eigenvalue weighted by Crippen LogP contribution is -2.52. The lowest BCUT2D eigenvalue weighted by molar-refractivity contribution is -0.179. The highest BCUT2D eigenvalue weighted by molar-refractivity contribution is 5.99. The van der Waals surface area contributed by atoms with Crippen LogP contribution in [0, 0.1) is 10.8 Å². The summed E-state index contributed by atoms with van der Waals surface area (Å²) in [5, 5.41) is 18.0. The van der Waals surface area contributed by atoms with Crippen molar-refractivity contribution in [2.75, 3.05) is 13.7 Å². The molecule has 0 radical (unpaired) electrons. The molecule has 0 bridgehead atoms. The predicted molar refractivity (Wildman–Crippen MR) is 49.0 cm³/mol. The van der Waals surface area contributed by atoms with E-state index in [-0.39, 0.29) is 6.61 Å². The molecule has 0 saturated heterocycles. The van der Waals surface area contributed by atoms with E-state index in [4.69, 9.17) is 14.9 Å². The summed E-state index contributed by atoms with van der Waals surface area (Å²) >= 11 is 0. The van der Waals surface area contributed by atoms with Gasteiger partial charge in [0.1, 0.15) is 0 Å². The van der Waals surface area contributed by atoms with Crippen LogP contribution in [-0.2, 0) is 14.3 Å². The third-order valence-corrected chi connectivity index (χ3v) is 2.37. The predicted octanol–water partition coefficient (Wildman–Crippen LogP) is 0.834. The molecule has 0 saturated carbocycles. The zero-order chi connectivity index (χ0) is 11.6. The molecule has 5 nitrogen and oxygen atoms in total. The van der Waals surface area contributed by atoms with Gasteiger partial charge in [-0.1, -0.05) is 20.8 Å². The second-order valence-electron chi connectivity index (χ2n) is 4.20. The van der Waals surface area contributed by atoms with Crippen LogP contribution in [0.5, 0.6) is 0 Å². The van der Waals surface area contributed by atoms with Gasteiger partial charge in [-0.2, -0.15) is 0 Å². The Morgan fingerprint density at radius 3 is 1.57 bits per heavy atom. The Bertz CT molecular complexity index is 224. The first kappa shape index (κ1) is 12.9. The van der Waals surface area contributed by atoms with Crippen molar-refractivity contribution in [3.8, 4) is 0 Å². The van der Waals surface area contributed by atoms with E-state index in [1.165, 1.54) is 7.11 Å². The average molecular weight is 204 g/mol. The number of hydrogen-bond donors (Lipinski definition) is 2. The van der Waals surface area contributed by atoms with Gasteiger partial charge in [0.2, 0.25) is 0 Å². The smallest absolute Gasteiger partial charge is 0.324 e. The van der Waals surface area contributed by atoms with Crippen LogP contribution in [-0.4, -0.2) is 35.9 Å². The maximum absolute atomic E-state index is 11.0. The number of hydrogen-bond acceptors (Lipinski definition) is 3. The highest BCUT2D eigenvalue weighted by Gasteiger charge is 2.55. The molecule has 0 aliphatic carbocycles. The molecule has 0 amide bonds. The van der Waals surface area contributed by atoms with Gasteiger partial charge in [-0.25, -0.2) is 0 Å². The Morgan fingerprint density at radius 2 is 1.50 bits per heavy atom. The highest BCUT2D eigenvalue weighted by Crippen LogP contribution is 2.39. The molecule has 14 heavy (non-hydrogen) atoms. The lowest BCUT2D eigenvalue weighted by atomic mass is 9.67. The van der Waals surface area contributed by atoms with Crippen LogP contribution in [0.3, 0.4) is 0 Å². The van der Waals surface area contributed by atoms with Crippen LogP contribution in [0.2, 0.25) is 0 Å². The zero-order valence-electron chi connectivity index (χ0n) is 8.83. The summed E-state index contributed by atoms with van der Waals surface area (Å²) in [7, 11) is 1.28. The summed E-state index contributed by atoms with van der Waals surface area (Å²) < 4.78 is 4.69. The molecule has 0 rings (SSSR count). The van der Waals surface area contributed by atoms with Gasteiger partial charge >= 0.3 is 11.9 Å². The van der Waals surface area contributed by atoms with Crippen LogP contribution in [0.25, 0.3) is 0 Å². The maximum Gasteiger partial charge on any atom is 0.324 e. The van der Waals surface area contributed by atoms with Crippen LogP contribution >= 0.6 is 0 Å². The first-order valence-electron chi connectivity index (χ1n) is 4.16. The largest absolute Gasteiger partial charge is 0.480 e. The van der Waals surface area contributed by atoms with Crippen LogP contribution in [0.4, 0.5) is 0 Å². The number of aliphatic carboxylic acids is 2. The molecule has 82 valence electrons. The van der Waals surface area contributed by atoms with Gasteiger partial charge in [-0.3, -0.25) is 9.59 Å².